The molecule has 0 unspecified atom stereocenters. The van der Waals surface area contributed by atoms with Crippen LogP contribution < -0.4 is 0 Å². The molecule has 1 aromatic carbocycles. The van der Waals surface area contributed by atoms with E-state index in [0.29, 0.717) is 42.4 Å². The molecule has 23 heavy (non-hydrogen) atoms. The minimum absolute atomic E-state index is 0.105. The average Bonchev–Trinajstić information content (AvgIpc) is 3.05. The van der Waals surface area contributed by atoms with Crippen LogP contribution in [-0.2, 0) is 10.0 Å². The van der Waals surface area contributed by atoms with E-state index in [2.05, 4.69) is 10.1 Å². The topological polar surface area (TPSA) is 76.3 Å². The number of aromatic nitrogens is 2. The normalized spacial score (nSPS) is 19.4. The third kappa shape index (κ3) is 2.88. The maximum Gasteiger partial charge on any atom is 0.243 e. The second-order valence-corrected chi connectivity index (χ2v) is 7.77. The van der Waals surface area contributed by atoms with Gasteiger partial charge < -0.3 is 4.52 Å². The van der Waals surface area contributed by atoms with Crippen molar-refractivity contribution in [1.29, 1.82) is 0 Å². The Morgan fingerprint density at radius 1 is 1.26 bits per heavy atom. The van der Waals surface area contributed by atoms with Gasteiger partial charge in [-0.3, -0.25) is 0 Å². The maximum absolute atomic E-state index is 13.4. The fourth-order valence-electron chi connectivity index (χ4n) is 3.06. The van der Waals surface area contributed by atoms with Crippen molar-refractivity contribution in [2.45, 2.75) is 38.0 Å². The predicted molar refractivity (Wildman–Crippen MR) is 81.0 cm³/mol. The molecular weight excluding hydrogens is 321 g/mol. The van der Waals surface area contributed by atoms with Gasteiger partial charge in [0.2, 0.25) is 15.9 Å². The van der Waals surface area contributed by atoms with E-state index in [1.54, 1.807) is 20.8 Å². The second kappa shape index (κ2) is 5.68. The molecule has 0 amide bonds. The van der Waals surface area contributed by atoms with Crippen molar-refractivity contribution in [1.82, 2.24) is 14.4 Å². The van der Waals surface area contributed by atoms with Crippen LogP contribution in [0.2, 0.25) is 0 Å². The standard InChI is InChI=1S/C15H18FN3O3S/c1-9-6-13(16)7-10(2)14(9)23(20,21)19-5-4-12(8-19)15-17-11(3)18-22-15/h6-7,12H,4-5,8H2,1-3H3/t12-/m0/s1. The van der Waals surface area contributed by atoms with Gasteiger partial charge in [0, 0.05) is 13.1 Å². The lowest BCUT2D eigenvalue weighted by atomic mass is 10.1. The van der Waals surface area contributed by atoms with Crippen LogP contribution in [-0.4, -0.2) is 36.0 Å². The van der Waals surface area contributed by atoms with E-state index in [9.17, 15) is 12.8 Å². The highest BCUT2D eigenvalue weighted by Crippen LogP contribution is 2.32. The van der Waals surface area contributed by atoms with Crippen LogP contribution in [0.3, 0.4) is 0 Å². The molecule has 8 heteroatoms. The SMILES string of the molecule is Cc1noc([C@H]2CCN(S(=O)(=O)c3c(C)cc(F)cc3C)C2)n1. The summed E-state index contributed by atoms with van der Waals surface area (Å²) >= 11 is 0. The zero-order valence-electron chi connectivity index (χ0n) is 13.2. The third-order valence-electron chi connectivity index (χ3n) is 4.07. The molecule has 1 fully saturated rings. The first-order valence-corrected chi connectivity index (χ1v) is 8.80. The van der Waals surface area contributed by atoms with Crippen molar-refractivity contribution in [3.63, 3.8) is 0 Å². The van der Waals surface area contributed by atoms with Crippen LogP contribution in [0, 0.1) is 26.6 Å². The minimum Gasteiger partial charge on any atom is -0.339 e. The zero-order valence-corrected chi connectivity index (χ0v) is 14.0. The Morgan fingerprint density at radius 2 is 1.91 bits per heavy atom. The summed E-state index contributed by atoms with van der Waals surface area (Å²) in [4.78, 5) is 4.36. The largest absolute Gasteiger partial charge is 0.339 e. The van der Waals surface area contributed by atoms with Crippen molar-refractivity contribution in [3.05, 3.63) is 40.8 Å². The highest BCUT2D eigenvalue weighted by molar-refractivity contribution is 7.89. The molecule has 0 bridgehead atoms. The zero-order chi connectivity index (χ0) is 16.8. The van der Waals surface area contributed by atoms with E-state index < -0.39 is 15.8 Å². The smallest absolute Gasteiger partial charge is 0.243 e. The van der Waals surface area contributed by atoms with Crippen LogP contribution >= 0.6 is 0 Å². The second-order valence-electron chi connectivity index (χ2n) is 5.90. The van der Waals surface area contributed by atoms with E-state index in [0.717, 1.165) is 0 Å². The van der Waals surface area contributed by atoms with Gasteiger partial charge in [-0.1, -0.05) is 5.16 Å². The number of benzene rings is 1. The van der Waals surface area contributed by atoms with Crippen LogP contribution in [0.5, 0.6) is 0 Å². The minimum atomic E-state index is -3.67. The van der Waals surface area contributed by atoms with Crippen molar-refractivity contribution < 1.29 is 17.3 Å². The number of hydrogen-bond donors (Lipinski definition) is 0. The van der Waals surface area contributed by atoms with E-state index in [-0.39, 0.29) is 10.8 Å². The van der Waals surface area contributed by atoms with Gasteiger partial charge in [-0.25, -0.2) is 12.8 Å². The monoisotopic (exact) mass is 339 g/mol. The molecule has 1 aromatic heterocycles. The Bertz CT molecular complexity index is 824. The number of nitrogens with zero attached hydrogens (tertiary/aromatic N) is 3. The molecule has 1 saturated heterocycles. The number of rotatable bonds is 3. The summed E-state index contributed by atoms with van der Waals surface area (Å²) < 4.78 is 45.8. The Morgan fingerprint density at radius 3 is 2.48 bits per heavy atom. The summed E-state index contributed by atoms with van der Waals surface area (Å²) in [6.45, 7) is 5.61. The molecule has 0 N–H and O–H groups in total. The maximum atomic E-state index is 13.4. The van der Waals surface area contributed by atoms with Gasteiger partial charge >= 0.3 is 0 Å². The molecule has 3 rings (SSSR count). The van der Waals surface area contributed by atoms with Gasteiger partial charge in [0.25, 0.3) is 0 Å². The van der Waals surface area contributed by atoms with Crippen molar-refractivity contribution in [2.24, 2.45) is 0 Å². The fraction of sp³-hybridized carbons (Fsp3) is 0.467. The first-order valence-electron chi connectivity index (χ1n) is 7.36. The first-order chi connectivity index (χ1) is 10.8. The van der Waals surface area contributed by atoms with Gasteiger partial charge in [-0.05, 0) is 50.5 Å². The Labute approximate surface area is 134 Å². The molecule has 0 aliphatic carbocycles. The van der Waals surface area contributed by atoms with E-state index >= 15 is 0 Å². The summed E-state index contributed by atoms with van der Waals surface area (Å²) in [7, 11) is -3.67. The quantitative estimate of drug-likeness (QED) is 0.858. The van der Waals surface area contributed by atoms with Gasteiger partial charge in [0.05, 0.1) is 10.8 Å². The third-order valence-corrected chi connectivity index (χ3v) is 6.24. The van der Waals surface area contributed by atoms with Gasteiger partial charge in [-0.2, -0.15) is 9.29 Å². The molecule has 0 spiro atoms. The first kappa shape index (κ1) is 16.1. The molecular formula is C15H18FN3O3S. The Balaban J connectivity index is 1.90. The molecule has 1 aliphatic heterocycles. The fourth-order valence-corrected chi connectivity index (χ4v) is 4.97. The lowest BCUT2D eigenvalue weighted by molar-refractivity contribution is 0.351. The Hall–Kier alpha value is -1.80. The number of sulfonamides is 1. The van der Waals surface area contributed by atoms with Gasteiger partial charge in [0.15, 0.2) is 5.82 Å². The summed E-state index contributed by atoms with van der Waals surface area (Å²) in [6, 6.07) is 2.49. The number of aryl methyl sites for hydroxylation is 3. The van der Waals surface area contributed by atoms with E-state index in [4.69, 9.17) is 4.52 Å². The molecule has 2 heterocycles. The van der Waals surface area contributed by atoms with Gasteiger partial charge in [-0.15, -0.1) is 0 Å². The molecule has 1 atom stereocenters. The van der Waals surface area contributed by atoms with Crippen LogP contribution in [0.1, 0.15) is 35.2 Å². The van der Waals surface area contributed by atoms with Crippen molar-refractivity contribution in [3.8, 4) is 0 Å². The molecule has 2 aromatic rings. The average molecular weight is 339 g/mol. The molecule has 124 valence electrons. The lowest BCUT2D eigenvalue weighted by Gasteiger charge is -2.19. The summed E-state index contributed by atoms with van der Waals surface area (Å²) in [5.74, 6) is 0.464. The van der Waals surface area contributed by atoms with E-state index in [1.165, 1.54) is 16.4 Å². The highest BCUT2D eigenvalue weighted by atomic mass is 32.2. The highest BCUT2D eigenvalue weighted by Gasteiger charge is 2.37. The molecule has 6 nitrogen and oxygen atoms in total. The van der Waals surface area contributed by atoms with Crippen molar-refractivity contribution >= 4 is 10.0 Å². The summed E-state index contributed by atoms with van der Waals surface area (Å²) in [6.07, 6.45) is 0.625. The molecule has 0 radical (unpaired) electrons. The summed E-state index contributed by atoms with van der Waals surface area (Å²) in [5.41, 5.74) is 0.833. The van der Waals surface area contributed by atoms with Crippen LogP contribution in [0.15, 0.2) is 21.6 Å². The summed E-state index contributed by atoms with van der Waals surface area (Å²) in [5, 5.41) is 3.75. The number of hydrogen-bond acceptors (Lipinski definition) is 5. The van der Waals surface area contributed by atoms with Crippen molar-refractivity contribution in [2.75, 3.05) is 13.1 Å². The number of halogens is 1. The van der Waals surface area contributed by atoms with Crippen LogP contribution in [0.25, 0.3) is 0 Å². The lowest BCUT2D eigenvalue weighted by Crippen LogP contribution is -2.30. The van der Waals surface area contributed by atoms with Crippen LogP contribution in [0.4, 0.5) is 4.39 Å². The molecule has 1 aliphatic rings. The van der Waals surface area contributed by atoms with Gasteiger partial charge in [0.1, 0.15) is 5.82 Å². The Kier molecular flexibility index (Phi) is 3.97. The molecule has 0 saturated carbocycles. The van der Waals surface area contributed by atoms with E-state index in [1.807, 2.05) is 0 Å². The predicted octanol–water partition coefficient (Wildman–Crippen LogP) is 2.31.